The molecule has 1 aromatic rings. The Morgan fingerprint density at radius 2 is 1.86 bits per heavy atom. The highest BCUT2D eigenvalue weighted by molar-refractivity contribution is 6.07. The molecule has 4 heteroatoms. The smallest absolute Gasteiger partial charge is 0.363 e. The maximum absolute atomic E-state index is 11.7. The van der Waals surface area contributed by atoms with E-state index in [-0.39, 0.29) is 5.75 Å². The Hall–Kier alpha value is -2.10. The molecule has 21 heavy (non-hydrogen) atoms. The van der Waals surface area contributed by atoms with Crippen LogP contribution in [0, 0.1) is 0 Å². The summed E-state index contributed by atoms with van der Waals surface area (Å²) in [5, 5.41) is 9.23. The summed E-state index contributed by atoms with van der Waals surface area (Å²) >= 11 is 0. The second-order valence-corrected chi connectivity index (χ2v) is 5.18. The first-order chi connectivity index (χ1) is 10.2. The number of carbonyl (C=O) groups excluding carboxylic acids is 1. The number of phenolic OH excluding ortho intramolecular Hbond substituents is 1. The highest BCUT2D eigenvalue weighted by atomic mass is 16.6. The van der Waals surface area contributed by atoms with Crippen LogP contribution in [0.4, 0.5) is 0 Å². The van der Waals surface area contributed by atoms with Crippen molar-refractivity contribution in [2.75, 3.05) is 0 Å². The summed E-state index contributed by atoms with van der Waals surface area (Å²) in [6.45, 7) is 2.18. The van der Waals surface area contributed by atoms with Gasteiger partial charge in [-0.25, -0.2) is 9.79 Å². The van der Waals surface area contributed by atoms with E-state index < -0.39 is 5.97 Å². The van der Waals surface area contributed by atoms with Gasteiger partial charge in [0.15, 0.2) is 11.6 Å². The number of benzene rings is 1. The number of hydrogen-bond donors (Lipinski definition) is 1. The van der Waals surface area contributed by atoms with Crippen molar-refractivity contribution in [1.29, 1.82) is 0 Å². The van der Waals surface area contributed by atoms with Crippen molar-refractivity contribution in [1.82, 2.24) is 0 Å². The Balaban J connectivity index is 1.91. The molecule has 4 nitrogen and oxygen atoms in total. The fraction of sp³-hybridized carbons (Fsp3) is 0.412. The monoisotopic (exact) mass is 287 g/mol. The topological polar surface area (TPSA) is 58.9 Å². The summed E-state index contributed by atoms with van der Waals surface area (Å²) in [5.41, 5.74) is 1.14. The Labute approximate surface area is 125 Å². The van der Waals surface area contributed by atoms with Gasteiger partial charge in [0.1, 0.15) is 5.75 Å². The minimum absolute atomic E-state index is 0.197. The number of ether oxygens (including phenoxy) is 1. The van der Waals surface area contributed by atoms with E-state index in [4.69, 9.17) is 4.74 Å². The van der Waals surface area contributed by atoms with E-state index in [1.807, 2.05) is 0 Å². The van der Waals surface area contributed by atoms with Crippen LogP contribution in [0.3, 0.4) is 0 Å². The largest absolute Gasteiger partial charge is 0.508 e. The minimum Gasteiger partial charge on any atom is -0.508 e. The third kappa shape index (κ3) is 4.74. The van der Waals surface area contributed by atoms with E-state index in [9.17, 15) is 9.90 Å². The van der Waals surface area contributed by atoms with Crippen molar-refractivity contribution >= 4 is 17.9 Å². The molecule has 2 rings (SSSR count). The molecule has 0 aliphatic carbocycles. The molecule has 0 radical (unpaired) electrons. The number of aliphatic imine (C=N–C) groups is 1. The molecule has 0 saturated heterocycles. The average Bonchev–Trinajstić information content (AvgIpc) is 2.81. The first kappa shape index (κ1) is 15.3. The van der Waals surface area contributed by atoms with E-state index >= 15 is 0 Å². The molecule has 0 aromatic heterocycles. The maximum Gasteiger partial charge on any atom is 0.363 e. The Morgan fingerprint density at radius 3 is 2.57 bits per heavy atom. The van der Waals surface area contributed by atoms with Crippen molar-refractivity contribution in [2.45, 2.75) is 45.4 Å². The van der Waals surface area contributed by atoms with E-state index in [0.717, 1.165) is 18.4 Å². The van der Waals surface area contributed by atoms with Gasteiger partial charge in [0.05, 0.1) is 0 Å². The molecular weight excluding hydrogens is 266 g/mol. The highest BCUT2D eigenvalue weighted by Crippen LogP contribution is 2.19. The van der Waals surface area contributed by atoms with Crippen LogP contribution in [-0.4, -0.2) is 17.0 Å². The van der Waals surface area contributed by atoms with E-state index in [1.165, 1.54) is 19.3 Å². The summed E-state index contributed by atoms with van der Waals surface area (Å²) in [6.07, 6.45) is 8.20. The molecule has 0 bridgehead atoms. The van der Waals surface area contributed by atoms with Crippen LogP contribution in [-0.2, 0) is 9.53 Å². The lowest BCUT2D eigenvalue weighted by molar-refractivity contribution is -0.130. The van der Waals surface area contributed by atoms with Crippen molar-refractivity contribution in [3.63, 3.8) is 0 Å². The second-order valence-electron chi connectivity index (χ2n) is 5.18. The first-order valence-corrected chi connectivity index (χ1v) is 7.49. The van der Waals surface area contributed by atoms with Crippen LogP contribution >= 0.6 is 0 Å². The highest BCUT2D eigenvalue weighted by Gasteiger charge is 2.22. The SMILES string of the molecule is CCCCCCCC1=NC(=Cc2ccc(O)cc2)C(=O)O1. The van der Waals surface area contributed by atoms with Gasteiger partial charge in [0.25, 0.3) is 0 Å². The van der Waals surface area contributed by atoms with Crippen LogP contribution < -0.4 is 0 Å². The zero-order valence-corrected chi connectivity index (χ0v) is 12.3. The van der Waals surface area contributed by atoms with E-state index in [1.54, 1.807) is 30.3 Å². The van der Waals surface area contributed by atoms with Crippen LogP contribution in [0.5, 0.6) is 5.75 Å². The number of nitrogens with zero attached hydrogens (tertiary/aromatic N) is 1. The predicted octanol–water partition coefficient (Wildman–Crippen LogP) is 4.05. The van der Waals surface area contributed by atoms with Gasteiger partial charge in [-0.2, -0.15) is 0 Å². The molecular formula is C17H21NO3. The molecule has 1 aliphatic rings. The van der Waals surface area contributed by atoms with Gasteiger partial charge in [-0.15, -0.1) is 0 Å². The maximum atomic E-state index is 11.7. The van der Waals surface area contributed by atoms with E-state index in [0.29, 0.717) is 18.0 Å². The molecule has 1 aromatic carbocycles. The van der Waals surface area contributed by atoms with Gasteiger partial charge in [-0.05, 0) is 30.2 Å². The van der Waals surface area contributed by atoms with Crippen molar-refractivity contribution in [3.8, 4) is 5.75 Å². The average molecular weight is 287 g/mol. The molecule has 0 saturated carbocycles. The summed E-state index contributed by atoms with van der Waals surface area (Å²) in [6, 6.07) is 6.61. The number of carbonyl (C=O) groups is 1. The van der Waals surface area contributed by atoms with Gasteiger partial charge in [0.2, 0.25) is 0 Å². The number of esters is 1. The quantitative estimate of drug-likeness (QED) is 0.467. The third-order valence-corrected chi connectivity index (χ3v) is 3.36. The van der Waals surface area contributed by atoms with Crippen molar-refractivity contribution in [2.24, 2.45) is 4.99 Å². The molecule has 0 atom stereocenters. The van der Waals surface area contributed by atoms with Gasteiger partial charge in [-0.1, -0.05) is 44.7 Å². The van der Waals surface area contributed by atoms with Crippen LogP contribution in [0.1, 0.15) is 51.0 Å². The molecule has 112 valence electrons. The predicted molar refractivity (Wildman–Crippen MR) is 83.0 cm³/mol. The molecule has 0 spiro atoms. The summed E-state index contributed by atoms with van der Waals surface area (Å²) in [7, 11) is 0. The molecule has 1 heterocycles. The van der Waals surface area contributed by atoms with Crippen molar-refractivity contribution < 1.29 is 14.6 Å². The normalized spacial score (nSPS) is 16.1. The van der Waals surface area contributed by atoms with Gasteiger partial charge in [-0.3, -0.25) is 0 Å². The van der Waals surface area contributed by atoms with Gasteiger partial charge < -0.3 is 9.84 Å². The van der Waals surface area contributed by atoms with Gasteiger partial charge >= 0.3 is 5.97 Å². The lowest BCUT2D eigenvalue weighted by Gasteiger charge is -1.99. The minimum atomic E-state index is -0.397. The third-order valence-electron chi connectivity index (χ3n) is 3.36. The molecule has 0 amide bonds. The number of cyclic esters (lactones) is 1. The number of hydrogen-bond acceptors (Lipinski definition) is 4. The molecule has 0 fully saturated rings. The van der Waals surface area contributed by atoms with Crippen molar-refractivity contribution in [3.05, 3.63) is 35.5 Å². The zero-order chi connectivity index (χ0) is 15.1. The van der Waals surface area contributed by atoms with Gasteiger partial charge in [0, 0.05) is 6.42 Å². The molecule has 0 unspecified atom stereocenters. The standard InChI is InChI=1S/C17H21NO3/c1-2-3-4-5-6-7-16-18-15(17(20)21-16)12-13-8-10-14(19)11-9-13/h8-12,19H,2-7H2,1H3. The number of aromatic hydroxyl groups is 1. The first-order valence-electron chi connectivity index (χ1n) is 7.49. The fourth-order valence-electron chi connectivity index (χ4n) is 2.17. The number of rotatable bonds is 7. The fourth-order valence-corrected chi connectivity index (χ4v) is 2.17. The summed E-state index contributed by atoms with van der Waals surface area (Å²) < 4.78 is 5.17. The van der Waals surface area contributed by atoms with Crippen LogP contribution in [0.25, 0.3) is 6.08 Å². The lowest BCUT2D eigenvalue weighted by atomic mass is 10.1. The van der Waals surface area contributed by atoms with Crippen LogP contribution in [0.2, 0.25) is 0 Å². The number of phenols is 1. The summed E-state index contributed by atoms with van der Waals surface area (Å²) in [4.78, 5) is 16.0. The Morgan fingerprint density at radius 1 is 1.14 bits per heavy atom. The van der Waals surface area contributed by atoms with Crippen LogP contribution in [0.15, 0.2) is 35.0 Å². The molecule has 1 N–H and O–H groups in total. The second kappa shape index (κ2) is 7.62. The zero-order valence-electron chi connectivity index (χ0n) is 12.3. The Kier molecular flexibility index (Phi) is 5.55. The Bertz CT molecular complexity index is 544. The van der Waals surface area contributed by atoms with E-state index in [2.05, 4.69) is 11.9 Å². The number of unbranched alkanes of at least 4 members (excludes halogenated alkanes) is 4. The summed E-state index contributed by atoms with van der Waals surface area (Å²) in [5.74, 6) is 0.315. The molecule has 1 aliphatic heterocycles. The lowest BCUT2D eigenvalue weighted by Crippen LogP contribution is -2.03.